The minimum atomic E-state index is -1.00. The summed E-state index contributed by atoms with van der Waals surface area (Å²) in [5.74, 6) is -0.367. The topological polar surface area (TPSA) is 70.1 Å². The number of carbonyl (C=O) groups is 1. The van der Waals surface area contributed by atoms with Gasteiger partial charge in [0.15, 0.2) is 0 Å². The molecule has 8 aromatic carbocycles. The van der Waals surface area contributed by atoms with Gasteiger partial charge in [-0.05, 0) is 70.1 Å². The average Bonchev–Trinajstić information content (AvgIpc) is 3.79. The normalized spacial score (nSPS) is 10.4. The third-order valence-electron chi connectivity index (χ3n) is 9.05. The van der Waals surface area contributed by atoms with Crippen LogP contribution in [0.5, 0.6) is 0 Å². The molecule has 0 unspecified atom stereocenters. The summed E-state index contributed by atoms with van der Waals surface area (Å²) in [6, 6.07) is 52.4. The van der Waals surface area contributed by atoms with Crippen LogP contribution in [0.1, 0.15) is 2.80 Å². The van der Waals surface area contributed by atoms with Gasteiger partial charge in [0, 0.05) is 41.5 Å². The number of alkyl halides is 1. The van der Waals surface area contributed by atoms with Crippen LogP contribution in [-0.4, -0.2) is 23.2 Å². The zero-order chi connectivity index (χ0) is 41.2. The summed E-state index contributed by atoms with van der Waals surface area (Å²) in [4.78, 5) is 14.7. The molecule has 13 heteroatoms. The minimum absolute atomic E-state index is 0. The van der Waals surface area contributed by atoms with Crippen LogP contribution in [0, 0.1) is 5.82 Å². The van der Waals surface area contributed by atoms with Crippen LogP contribution in [0.3, 0.4) is 0 Å². The molecule has 0 aliphatic heterocycles. The zero-order valence-electron chi connectivity index (χ0n) is 33.7. The van der Waals surface area contributed by atoms with Gasteiger partial charge in [-0.25, -0.2) is 4.39 Å². The second kappa shape index (κ2) is 24.0. The van der Waals surface area contributed by atoms with E-state index < -0.39 is 7.15 Å². The van der Waals surface area contributed by atoms with E-state index in [0.29, 0.717) is 0 Å². The molecule has 2 aromatic heterocycles. The predicted octanol–water partition coefficient (Wildman–Crippen LogP) is 8.21. The van der Waals surface area contributed by atoms with E-state index in [1.54, 1.807) is 12.1 Å². The van der Waals surface area contributed by atoms with E-state index in [0.717, 1.165) is 30.7 Å². The maximum Gasteiger partial charge on any atom is 1.00 e. The fourth-order valence-electron chi connectivity index (χ4n) is 6.79. The van der Waals surface area contributed by atoms with E-state index >= 15 is 0 Å². The van der Waals surface area contributed by atoms with Crippen molar-refractivity contribution in [3.8, 4) is 5.69 Å². The van der Waals surface area contributed by atoms with Crippen LogP contribution in [-0.2, 0) is 9.68 Å². The van der Waals surface area contributed by atoms with Crippen LogP contribution in [0.2, 0.25) is 10.0 Å². The molecule has 0 radical (unpaired) electrons. The molecule has 10 rings (SSSR count). The van der Waals surface area contributed by atoms with Gasteiger partial charge < -0.3 is 21.1 Å². The van der Waals surface area contributed by atoms with Crippen LogP contribution >= 0.6 is 55.1 Å². The molecule has 2 heterocycles. The van der Waals surface area contributed by atoms with Gasteiger partial charge >= 0.3 is 103 Å². The van der Waals surface area contributed by atoms with Gasteiger partial charge in [0.1, 0.15) is 5.82 Å². The molecule has 0 fully saturated rings. The molecule has 0 aliphatic rings. The number of rotatable bonds is 2. The molecule has 10 aromatic rings. The van der Waals surface area contributed by atoms with E-state index in [1.165, 1.54) is 66.3 Å². The molecule has 0 aliphatic carbocycles. The number of hydrogen-bond donors (Lipinski definition) is 1. The Balaban J connectivity index is 0.000000241. The largest absolute Gasteiger partial charge is 1.00 e. The first-order chi connectivity index (χ1) is 28.2. The van der Waals surface area contributed by atoms with Gasteiger partial charge in [-0.15, -0.1) is 0 Å². The van der Waals surface area contributed by atoms with Gasteiger partial charge in [0.05, 0.1) is 35.3 Å². The fourth-order valence-corrected chi connectivity index (χ4v) is 8.29. The molecule has 59 heavy (non-hydrogen) atoms. The van der Waals surface area contributed by atoms with Gasteiger partial charge in [-0.2, -0.15) is 0 Å². The number of nitrogens with zero attached hydrogens (tertiary/aromatic N) is 1. The monoisotopic (exact) mass is 1000 g/mol. The van der Waals surface area contributed by atoms with Crippen molar-refractivity contribution in [1.82, 2.24) is 9.55 Å². The number of aromatic nitrogens is 2. The molecule has 0 amide bonds. The van der Waals surface area contributed by atoms with Crippen molar-refractivity contribution in [1.29, 1.82) is 0 Å². The fraction of sp³-hybridized carbons (Fsp3) is 0.0217. The second-order valence-corrected chi connectivity index (χ2v) is 14.7. The summed E-state index contributed by atoms with van der Waals surface area (Å²) in [5.41, 5.74) is 5.68. The first kappa shape index (κ1) is 48.0. The van der Waals surface area contributed by atoms with Gasteiger partial charge in [0.25, 0.3) is 6.47 Å². The van der Waals surface area contributed by atoms with Gasteiger partial charge in [0.2, 0.25) is 0 Å². The Morgan fingerprint density at radius 1 is 0.644 bits per heavy atom. The third kappa shape index (κ3) is 11.1. The molecule has 0 atom stereocenters. The van der Waals surface area contributed by atoms with Crippen molar-refractivity contribution in [2.45, 2.75) is 0 Å². The second-order valence-electron chi connectivity index (χ2n) is 12.2. The van der Waals surface area contributed by atoms with Crippen molar-refractivity contribution in [3.05, 3.63) is 183 Å². The summed E-state index contributed by atoms with van der Waals surface area (Å²) < 4.78 is 32.2. The van der Waals surface area contributed by atoms with Crippen LogP contribution in [0.25, 0.3) is 70.8 Å². The minimum Gasteiger partial charge on any atom is -1.00 e. The van der Waals surface area contributed by atoms with Crippen molar-refractivity contribution >= 4 is 127 Å². The van der Waals surface area contributed by atoms with Crippen molar-refractivity contribution in [2.24, 2.45) is 0 Å². The van der Waals surface area contributed by atoms with Gasteiger partial charge in [-0.1, -0.05) is 164 Å². The Bertz CT molecular complexity index is 3010. The molecule has 5 nitrogen and oxygen atoms in total. The number of nitrogens with one attached hydrogen (secondary N) is 1. The average molecular weight is 1010 g/mol. The smallest absolute Gasteiger partial charge is 1.00 e. The third-order valence-corrected chi connectivity index (χ3v) is 11.0. The molecular formula is C46H32Br2Cl2F2K2N2O3. The molecule has 0 saturated carbocycles. The van der Waals surface area contributed by atoms with Crippen LogP contribution < -0.4 is 108 Å². The summed E-state index contributed by atoms with van der Waals surface area (Å²) in [5, 5.41) is 19.5. The molecular weight excluding hydrogens is 975 g/mol. The molecule has 0 spiro atoms. The van der Waals surface area contributed by atoms with Gasteiger partial charge in [-0.3, -0.25) is 9.18 Å². The summed E-state index contributed by atoms with van der Waals surface area (Å²) >= 11 is 19.3. The number of para-hydroxylation sites is 3. The number of benzene rings is 8. The number of H-pyrrole nitrogens is 1. The predicted molar refractivity (Wildman–Crippen MR) is 239 cm³/mol. The number of hydrogen-bond acceptors (Lipinski definition) is 3. The van der Waals surface area contributed by atoms with Crippen LogP contribution in [0.15, 0.2) is 167 Å². The van der Waals surface area contributed by atoms with Crippen molar-refractivity contribution in [2.75, 3.05) is 7.15 Å². The summed E-state index contributed by atoms with van der Waals surface area (Å²) in [7, 11) is -1.00. The Morgan fingerprint density at radius 3 is 1.66 bits per heavy atom. The quantitative estimate of drug-likeness (QED) is 0.0823. The SMILES string of the molecule is Brc1cc2[nH]c3ccccc3c2c2ccccc12.Clc1ccccc1-n1c2ccccc2c2c3ccccc3c(Br)cc21.Fc1ccccc1Cl.O=CO[O-].[2H]CF.[H-].[K+].[K+]. The Hall–Kier alpha value is -2.02. The number of carbonyl (C=O) groups excluding carboxylic acids is 1. The van der Waals surface area contributed by atoms with E-state index in [9.17, 15) is 8.78 Å². The maximum absolute atomic E-state index is 12.2. The number of halogens is 6. The van der Waals surface area contributed by atoms with E-state index in [1.807, 2.05) is 18.2 Å². The Labute approximate surface area is 453 Å². The first-order valence-electron chi connectivity index (χ1n) is 17.8. The molecule has 1 N–H and O–H groups in total. The maximum atomic E-state index is 12.2. The van der Waals surface area contributed by atoms with E-state index in [4.69, 9.17) is 34.6 Å². The summed E-state index contributed by atoms with van der Waals surface area (Å²) in [6.45, 7) is -0.181. The first-order valence-corrected chi connectivity index (χ1v) is 19.5. The zero-order valence-corrected chi connectivity index (χ0v) is 42.7. The number of fused-ring (bicyclic) bond motifs is 10. The number of aromatic amines is 1. The molecule has 0 saturated heterocycles. The Kier molecular flexibility index (Phi) is 19.5. The Morgan fingerprint density at radius 2 is 1.10 bits per heavy atom. The molecule has 0 bridgehead atoms. The van der Waals surface area contributed by atoms with Crippen LogP contribution in [0.4, 0.5) is 8.78 Å². The summed E-state index contributed by atoms with van der Waals surface area (Å²) in [6.07, 6.45) is 0. The van der Waals surface area contributed by atoms with Crippen molar-refractivity contribution < 1.29 is 129 Å². The standard InChI is InChI=1S/C22H13BrClN.C16H10BrN.C6H4ClF.CH3F.CH2O3.2K.H/c23-17-13-21-22(15-8-2-1-7-14(15)17)16-9-3-5-11-19(16)25(21)20-12-6-4-10-18(20)24;17-13-9-15-16(11-6-2-1-5-10(11)13)12-7-3-4-8-14(12)18-15;7-5-3-1-2-4-6(5)8;1-2;2-1-4-3;;;/h1-13H;1-9,18H;1-4H;1H3;1,3H;;;/q;;;;;2*+1;-1/p-1/i;;;1D;;;;. The molecule has 288 valence electrons. The van der Waals surface area contributed by atoms with E-state index in [2.05, 4.69) is 162 Å². The van der Waals surface area contributed by atoms with Crippen molar-refractivity contribution in [3.63, 3.8) is 0 Å². The van der Waals surface area contributed by atoms with E-state index in [-0.39, 0.29) is 122 Å².